The van der Waals surface area contributed by atoms with Gasteiger partial charge in [0.2, 0.25) is 0 Å². The first-order valence-corrected chi connectivity index (χ1v) is 8.72. The number of fused-ring (bicyclic) bond motifs is 3. The first-order valence-electron chi connectivity index (χ1n) is 7.50. The Hall–Kier alpha value is -1.72. The Labute approximate surface area is 137 Å². The van der Waals surface area contributed by atoms with E-state index in [9.17, 15) is 4.79 Å². The van der Waals surface area contributed by atoms with Gasteiger partial charge in [0, 0.05) is 4.88 Å². The molecular weight excluding hydrogens is 312 g/mol. The van der Waals surface area contributed by atoms with Crippen molar-refractivity contribution in [2.45, 2.75) is 26.2 Å². The fraction of sp³-hybridized carbons (Fsp3) is 0.294. The second kappa shape index (κ2) is 5.18. The highest BCUT2D eigenvalue weighted by Crippen LogP contribution is 2.35. The van der Waals surface area contributed by atoms with Crippen molar-refractivity contribution in [3.8, 4) is 5.69 Å². The van der Waals surface area contributed by atoms with Gasteiger partial charge in [0.1, 0.15) is 4.83 Å². The standard InChI is InChI=1S/C17H16N2OS2/c1-10-7-8-13-12(9-10)14-15(22-13)18-17(21)19(16(14)20)11-5-3-2-4-6-11/h2-6,10H,7-9H2,1H3,(H,18,21)/t10-/m0/s1. The molecular formula is C17H16N2OS2. The third-order valence-corrected chi connectivity index (χ3v) is 5.85. The maximum absolute atomic E-state index is 13.1. The van der Waals surface area contributed by atoms with Crippen molar-refractivity contribution in [1.29, 1.82) is 0 Å². The smallest absolute Gasteiger partial charge is 0.267 e. The Kier molecular flexibility index (Phi) is 3.27. The largest absolute Gasteiger partial charge is 0.323 e. The van der Waals surface area contributed by atoms with E-state index in [1.807, 2.05) is 30.3 Å². The molecule has 0 saturated heterocycles. The first kappa shape index (κ1) is 13.9. The van der Waals surface area contributed by atoms with Crippen LogP contribution in [0.1, 0.15) is 23.8 Å². The average Bonchev–Trinajstić information content (AvgIpc) is 2.85. The maximum atomic E-state index is 13.1. The van der Waals surface area contributed by atoms with Crippen LogP contribution in [0, 0.1) is 10.7 Å². The lowest BCUT2D eigenvalue weighted by Crippen LogP contribution is -2.21. The zero-order chi connectivity index (χ0) is 15.3. The molecule has 5 heteroatoms. The van der Waals surface area contributed by atoms with E-state index in [2.05, 4.69) is 11.9 Å². The second-order valence-corrected chi connectivity index (χ2v) is 7.45. The van der Waals surface area contributed by atoms with Gasteiger partial charge >= 0.3 is 0 Å². The third kappa shape index (κ3) is 2.08. The van der Waals surface area contributed by atoms with Crippen molar-refractivity contribution in [3.63, 3.8) is 0 Å². The van der Waals surface area contributed by atoms with E-state index in [-0.39, 0.29) is 5.56 Å². The van der Waals surface area contributed by atoms with Crippen molar-refractivity contribution in [3.05, 3.63) is 55.9 Å². The number of nitrogens with zero attached hydrogens (tertiary/aromatic N) is 1. The van der Waals surface area contributed by atoms with Gasteiger partial charge in [-0.05, 0) is 55.1 Å². The van der Waals surface area contributed by atoms with Gasteiger partial charge in [0.15, 0.2) is 4.77 Å². The molecule has 0 unspecified atom stereocenters. The number of para-hydroxylation sites is 1. The van der Waals surface area contributed by atoms with Crippen LogP contribution in [0.2, 0.25) is 0 Å². The van der Waals surface area contributed by atoms with E-state index in [0.717, 1.165) is 28.7 Å². The summed E-state index contributed by atoms with van der Waals surface area (Å²) < 4.78 is 2.08. The number of hydrogen-bond donors (Lipinski definition) is 1. The molecule has 0 amide bonds. The number of aromatic nitrogens is 2. The van der Waals surface area contributed by atoms with Gasteiger partial charge < -0.3 is 4.98 Å². The van der Waals surface area contributed by atoms with Gasteiger partial charge in [0.25, 0.3) is 5.56 Å². The van der Waals surface area contributed by atoms with Crippen molar-refractivity contribution in [2.24, 2.45) is 5.92 Å². The molecule has 0 bridgehead atoms. The van der Waals surface area contributed by atoms with Crippen LogP contribution < -0.4 is 5.56 Å². The predicted molar refractivity (Wildman–Crippen MR) is 93.8 cm³/mol. The molecule has 22 heavy (non-hydrogen) atoms. The summed E-state index contributed by atoms with van der Waals surface area (Å²) in [5, 5.41) is 0.837. The summed E-state index contributed by atoms with van der Waals surface area (Å²) in [4.78, 5) is 18.6. The lowest BCUT2D eigenvalue weighted by molar-refractivity contribution is 0.508. The zero-order valence-electron chi connectivity index (χ0n) is 12.3. The van der Waals surface area contributed by atoms with Gasteiger partial charge in [-0.1, -0.05) is 25.1 Å². The molecule has 1 N–H and O–H groups in total. The van der Waals surface area contributed by atoms with Gasteiger partial charge in [-0.15, -0.1) is 11.3 Å². The number of nitrogens with one attached hydrogen (secondary N) is 1. The Morgan fingerprint density at radius 1 is 1.32 bits per heavy atom. The quantitative estimate of drug-likeness (QED) is 0.679. The van der Waals surface area contributed by atoms with Crippen molar-refractivity contribution in [2.75, 3.05) is 0 Å². The van der Waals surface area contributed by atoms with Crippen molar-refractivity contribution in [1.82, 2.24) is 9.55 Å². The highest BCUT2D eigenvalue weighted by atomic mass is 32.1. The third-order valence-electron chi connectivity index (χ3n) is 4.36. The molecule has 3 nitrogen and oxygen atoms in total. The Bertz CT molecular complexity index is 966. The number of aromatic amines is 1. The molecule has 112 valence electrons. The molecule has 0 fully saturated rings. The molecule has 1 aliphatic rings. The summed E-state index contributed by atoms with van der Waals surface area (Å²) >= 11 is 7.13. The Balaban J connectivity index is 2.07. The van der Waals surface area contributed by atoms with Gasteiger partial charge in [-0.25, -0.2) is 0 Å². The predicted octanol–water partition coefficient (Wildman–Crippen LogP) is 4.23. The van der Waals surface area contributed by atoms with E-state index in [1.165, 1.54) is 16.9 Å². The topological polar surface area (TPSA) is 37.8 Å². The lowest BCUT2D eigenvalue weighted by Gasteiger charge is -2.17. The van der Waals surface area contributed by atoms with Crippen LogP contribution in [0.4, 0.5) is 0 Å². The number of thiophene rings is 1. The minimum Gasteiger partial charge on any atom is -0.323 e. The molecule has 1 aliphatic carbocycles. The monoisotopic (exact) mass is 328 g/mol. The molecule has 0 radical (unpaired) electrons. The van der Waals surface area contributed by atoms with Crippen LogP contribution in [0.5, 0.6) is 0 Å². The Morgan fingerprint density at radius 3 is 2.86 bits per heavy atom. The van der Waals surface area contributed by atoms with Crippen molar-refractivity contribution < 1.29 is 0 Å². The number of hydrogen-bond acceptors (Lipinski definition) is 3. The van der Waals surface area contributed by atoms with Crippen LogP contribution in [0.15, 0.2) is 35.1 Å². The second-order valence-electron chi connectivity index (χ2n) is 5.96. The van der Waals surface area contributed by atoms with E-state index < -0.39 is 0 Å². The molecule has 2 aromatic heterocycles. The zero-order valence-corrected chi connectivity index (χ0v) is 13.9. The summed E-state index contributed by atoms with van der Waals surface area (Å²) in [6.07, 6.45) is 3.26. The summed E-state index contributed by atoms with van der Waals surface area (Å²) in [5.74, 6) is 0.637. The number of rotatable bonds is 1. The van der Waals surface area contributed by atoms with Gasteiger partial charge in [-0.3, -0.25) is 9.36 Å². The molecule has 3 aromatic rings. The summed E-state index contributed by atoms with van der Waals surface area (Å²) in [6, 6.07) is 9.61. The maximum Gasteiger partial charge on any atom is 0.267 e. The highest BCUT2D eigenvalue weighted by molar-refractivity contribution is 7.71. The van der Waals surface area contributed by atoms with E-state index in [4.69, 9.17) is 12.2 Å². The number of benzene rings is 1. The highest BCUT2D eigenvalue weighted by Gasteiger charge is 2.23. The SMILES string of the molecule is C[C@H]1CCc2sc3[nH]c(=S)n(-c4ccccc4)c(=O)c3c2C1. The van der Waals surface area contributed by atoms with Crippen LogP contribution in [0.3, 0.4) is 0 Å². The molecule has 0 spiro atoms. The van der Waals surface area contributed by atoms with E-state index >= 15 is 0 Å². The normalized spacial score (nSPS) is 17.6. The van der Waals surface area contributed by atoms with E-state index in [1.54, 1.807) is 15.9 Å². The molecule has 0 saturated carbocycles. The fourth-order valence-electron chi connectivity index (χ4n) is 3.24. The summed E-state index contributed by atoms with van der Waals surface area (Å²) in [5.41, 5.74) is 2.07. The summed E-state index contributed by atoms with van der Waals surface area (Å²) in [6.45, 7) is 2.26. The minimum atomic E-state index is 0.0107. The molecule has 0 aliphatic heterocycles. The first-order chi connectivity index (χ1) is 10.6. The molecule has 4 rings (SSSR count). The van der Waals surface area contributed by atoms with Crippen LogP contribution in [0.25, 0.3) is 15.9 Å². The molecule has 1 aromatic carbocycles. The fourth-order valence-corrected chi connectivity index (χ4v) is 4.83. The molecule has 2 heterocycles. The lowest BCUT2D eigenvalue weighted by atomic mass is 9.89. The van der Waals surface area contributed by atoms with E-state index in [0.29, 0.717) is 10.7 Å². The average molecular weight is 328 g/mol. The van der Waals surface area contributed by atoms with Gasteiger partial charge in [-0.2, -0.15) is 0 Å². The molecule has 1 atom stereocenters. The van der Waals surface area contributed by atoms with Crippen molar-refractivity contribution >= 4 is 33.8 Å². The van der Waals surface area contributed by atoms with Crippen LogP contribution in [-0.4, -0.2) is 9.55 Å². The number of H-pyrrole nitrogens is 1. The Morgan fingerprint density at radius 2 is 2.09 bits per heavy atom. The number of aryl methyl sites for hydroxylation is 1. The van der Waals surface area contributed by atoms with Crippen LogP contribution >= 0.6 is 23.6 Å². The minimum absolute atomic E-state index is 0.0107. The van der Waals surface area contributed by atoms with Gasteiger partial charge in [0.05, 0.1) is 11.1 Å². The van der Waals surface area contributed by atoms with Crippen LogP contribution in [-0.2, 0) is 12.8 Å². The summed E-state index contributed by atoms with van der Waals surface area (Å²) in [7, 11) is 0.